The van der Waals surface area contributed by atoms with E-state index in [1.54, 1.807) is 0 Å². The highest BCUT2D eigenvalue weighted by molar-refractivity contribution is 7.87. The standard InChI is InChI=1S/C16H33N6.C14H26N6.C2H3F3O3S.CH2Cl2/c1-15(2,13-19(5)9-10-20(13)6)17-18-16(3,4)14-21(7)11-12-22(14)8;1-13(2,11-15-7-9-19(11)5)17-18-14(3,4)12-16-8-10-20(12)6;1-8-9(6,7)2(3,4)5;2-1-3/h13H,9-12H2,1-8H3;7-10H2,1-6H3;1H3;1H2/q+1;;;. The molecule has 0 aliphatic carbocycles. The molecule has 0 aromatic rings. The van der Waals surface area contributed by atoms with Crippen molar-refractivity contribution in [3.05, 3.63) is 0 Å². The van der Waals surface area contributed by atoms with Crippen LogP contribution in [-0.2, 0) is 14.3 Å². The minimum Gasteiger partial charge on any atom is -0.359 e. The van der Waals surface area contributed by atoms with Gasteiger partial charge in [0.1, 0.15) is 41.4 Å². The van der Waals surface area contributed by atoms with Crippen molar-refractivity contribution >= 4 is 50.8 Å². The van der Waals surface area contributed by atoms with Crippen LogP contribution in [0.1, 0.15) is 55.4 Å². The molecule has 314 valence electrons. The number of halogens is 5. The van der Waals surface area contributed by atoms with Gasteiger partial charge in [-0.15, -0.1) is 23.2 Å². The molecule has 0 atom stereocenters. The third-order valence-corrected chi connectivity index (χ3v) is 10.1. The molecule has 4 aliphatic rings. The molecule has 0 N–H and O–H groups in total. The molecule has 1 fully saturated rings. The smallest absolute Gasteiger partial charge is 0.359 e. The number of hydrogen-bond acceptors (Lipinski definition) is 14. The van der Waals surface area contributed by atoms with Crippen molar-refractivity contribution in [3.63, 3.8) is 0 Å². The summed E-state index contributed by atoms with van der Waals surface area (Å²) in [4.78, 5) is 20.4. The Kier molecular flexibility index (Phi) is 18.3. The fraction of sp³-hybridized carbons (Fsp3) is 0.909. The first-order valence-electron chi connectivity index (χ1n) is 17.6. The topological polar surface area (TPSA) is 137 Å². The molecule has 0 bridgehead atoms. The van der Waals surface area contributed by atoms with Gasteiger partial charge in [-0.1, -0.05) is 0 Å². The van der Waals surface area contributed by atoms with Crippen molar-refractivity contribution in [1.82, 2.24) is 24.5 Å². The van der Waals surface area contributed by atoms with E-state index in [0.717, 1.165) is 64.0 Å². The average Bonchev–Trinajstić information content (AvgIpc) is 3.84. The van der Waals surface area contributed by atoms with Crippen LogP contribution in [0.4, 0.5) is 13.2 Å². The van der Waals surface area contributed by atoms with Gasteiger partial charge in [0.05, 0.1) is 45.8 Å². The van der Waals surface area contributed by atoms with Gasteiger partial charge in [-0.25, -0.2) is 0 Å². The van der Waals surface area contributed by atoms with E-state index in [2.05, 4.69) is 151 Å². The summed E-state index contributed by atoms with van der Waals surface area (Å²) in [6.07, 6.45) is 0.302. The van der Waals surface area contributed by atoms with Crippen molar-refractivity contribution in [2.24, 2.45) is 30.4 Å². The molecule has 0 amide bonds. The summed E-state index contributed by atoms with van der Waals surface area (Å²) in [5.41, 5.74) is -6.61. The van der Waals surface area contributed by atoms with Gasteiger partial charge in [-0.3, -0.25) is 33.4 Å². The molecular formula is C33H64Cl2F3N12O3S+. The minimum atomic E-state index is -5.34. The van der Waals surface area contributed by atoms with Crippen LogP contribution < -0.4 is 0 Å². The van der Waals surface area contributed by atoms with Crippen molar-refractivity contribution in [1.29, 1.82) is 0 Å². The Morgan fingerprint density at radius 3 is 1.39 bits per heavy atom. The monoisotopic (exact) mass is 835 g/mol. The number of alkyl halides is 5. The zero-order valence-electron chi connectivity index (χ0n) is 34.8. The van der Waals surface area contributed by atoms with Gasteiger partial charge in [0, 0.05) is 40.3 Å². The molecule has 0 aromatic heterocycles. The largest absolute Gasteiger partial charge is 0.523 e. The van der Waals surface area contributed by atoms with Gasteiger partial charge in [-0.2, -0.15) is 42.0 Å². The van der Waals surface area contributed by atoms with E-state index in [0.29, 0.717) is 13.3 Å². The van der Waals surface area contributed by atoms with Gasteiger partial charge >= 0.3 is 15.6 Å². The molecule has 0 unspecified atom stereocenters. The number of amidine groups is 3. The summed E-state index contributed by atoms with van der Waals surface area (Å²) in [5, 5.41) is 18.9. The molecule has 0 aromatic carbocycles. The van der Waals surface area contributed by atoms with Gasteiger partial charge in [0.25, 0.3) is 5.84 Å². The average molecular weight is 837 g/mol. The summed E-state index contributed by atoms with van der Waals surface area (Å²) in [6.45, 7) is 24.9. The zero-order chi connectivity index (χ0) is 42.1. The Bertz CT molecular complexity index is 1450. The first-order valence-corrected chi connectivity index (χ1v) is 20.1. The lowest BCUT2D eigenvalue weighted by Gasteiger charge is -2.36. The van der Waals surface area contributed by atoms with E-state index >= 15 is 0 Å². The van der Waals surface area contributed by atoms with Crippen LogP contribution in [0.15, 0.2) is 30.4 Å². The maximum atomic E-state index is 11.1. The number of hydrogen-bond donors (Lipinski definition) is 0. The van der Waals surface area contributed by atoms with E-state index in [1.807, 2.05) is 0 Å². The highest BCUT2D eigenvalue weighted by Crippen LogP contribution is 2.29. The lowest BCUT2D eigenvalue weighted by molar-refractivity contribution is -0.489. The van der Waals surface area contributed by atoms with Gasteiger partial charge in [-0.05, 0) is 69.5 Å². The molecule has 0 saturated carbocycles. The maximum Gasteiger partial charge on any atom is 0.523 e. The fourth-order valence-electron chi connectivity index (χ4n) is 6.88. The molecule has 4 rings (SSSR count). The number of likely N-dealkylation sites (N-methyl/N-ethyl adjacent to an activating group) is 6. The van der Waals surface area contributed by atoms with Crippen LogP contribution in [0.25, 0.3) is 0 Å². The lowest BCUT2D eigenvalue weighted by atomic mass is 10.0. The van der Waals surface area contributed by atoms with Gasteiger partial charge in [0.2, 0.25) is 0 Å². The van der Waals surface area contributed by atoms with Gasteiger partial charge < -0.3 is 9.80 Å². The molecule has 4 aliphatic heterocycles. The number of rotatable bonds is 9. The van der Waals surface area contributed by atoms with Crippen molar-refractivity contribution in [2.75, 3.05) is 107 Å². The number of nitrogens with zero attached hydrogens (tertiary/aromatic N) is 12. The van der Waals surface area contributed by atoms with Crippen molar-refractivity contribution < 1.29 is 30.3 Å². The van der Waals surface area contributed by atoms with Crippen LogP contribution in [0.5, 0.6) is 0 Å². The normalized spacial score (nSPS) is 20.0. The van der Waals surface area contributed by atoms with Gasteiger partial charge in [0.15, 0.2) is 5.54 Å². The van der Waals surface area contributed by atoms with E-state index in [-0.39, 0.29) is 27.5 Å². The van der Waals surface area contributed by atoms with Crippen LogP contribution >= 0.6 is 23.2 Å². The summed E-state index contributed by atoms with van der Waals surface area (Å²) >= 11 is 9.53. The zero-order valence-corrected chi connectivity index (χ0v) is 37.2. The molecular weight excluding hydrogens is 772 g/mol. The quantitative estimate of drug-likeness (QED) is 0.107. The maximum absolute atomic E-state index is 11.1. The predicted molar refractivity (Wildman–Crippen MR) is 212 cm³/mol. The third kappa shape index (κ3) is 13.5. The van der Waals surface area contributed by atoms with Crippen LogP contribution in [0, 0.1) is 0 Å². The van der Waals surface area contributed by atoms with Crippen LogP contribution in [0.2, 0.25) is 0 Å². The lowest BCUT2D eigenvalue weighted by Crippen LogP contribution is -2.50. The predicted octanol–water partition coefficient (Wildman–Crippen LogP) is 4.77. The Labute approximate surface area is 331 Å². The Hall–Kier alpha value is -2.19. The summed E-state index contributed by atoms with van der Waals surface area (Å²) < 4.78 is 58.2. The minimum absolute atomic E-state index is 0.194. The molecule has 21 heteroatoms. The first kappa shape index (κ1) is 49.8. The molecule has 1 saturated heterocycles. The van der Waals surface area contributed by atoms with Crippen molar-refractivity contribution in [2.45, 2.75) is 89.2 Å². The SMILES string of the molecule is CN1CCN=C1C(C)(C)N=NC(C)(C)C1=NCCN1C.CN1CC[N+](C)=C1C(C)(C)N=NC(C)(C)C1N(C)CCN1C.COS(=O)(=O)C(F)(F)F.ClCCl. The van der Waals surface area contributed by atoms with E-state index < -0.39 is 15.6 Å². The summed E-state index contributed by atoms with van der Waals surface area (Å²) in [7, 11) is 7.85. The molecule has 0 radical (unpaired) electrons. The highest BCUT2D eigenvalue weighted by atomic mass is 35.5. The molecule has 54 heavy (non-hydrogen) atoms. The van der Waals surface area contributed by atoms with Crippen molar-refractivity contribution in [3.8, 4) is 0 Å². The Morgan fingerprint density at radius 1 is 0.722 bits per heavy atom. The third-order valence-electron chi connectivity index (χ3n) is 9.14. The first-order chi connectivity index (χ1) is 24.5. The van der Waals surface area contributed by atoms with E-state index in [9.17, 15) is 21.6 Å². The number of aliphatic imine (C=N–C) groups is 2. The number of azo groups is 2. The van der Waals surface area contributed by atoms with E-state index in [1.165, 1.54) is 5.84 Å². The Balaban J connectivity index is 0.000000419. The summed E-state index contributed by atoms with van der Waals surface area (Å²) in [6, 6.07) is 0. The highest BCUT2D eigenvalue weighted by Gasteiger charge is 2.46. The van der Waals surface area contributed by atoms with Crippen LogP contribution in [0.3, 0.4) is 0 Å². The molecule has 4 heterocycles. The second kappa shape index (κ2) is 19.8. The second-order valence-corrected chi connectivity index (χ2v) is 18.2. The van der Waals surface area contributed by atoms with E-state index in [4.69, 9.17) is 33.4 Å². The summed E-state index contributed by atoms with van der Waals surface area (Å²) in [5.74, 6) is 3.28. The Morgan fingerprint density at radius 2 is 1.11 bits per heavy atom. The van der Waals surface area contributed by atoms with Crippen LogP contribution in [-0.4, -0.2) is 196 Å². The molecule has 15 nitrogen and oxygen atoms in total. The fourth-order valence-corrected chi connectivity index (χ4v) is 7.07. The molecule has 0 spiro atoms. The second-order valence-electron chi connectivity index (χ2n) is 15.7.